The first-order valence-electron chi connectivity index (χ1n) is 1.77. The highest BCUT2D eigenvalue weighted by Gasteiger charge is 1.92. The van der Waals surface area contributed by atoms with Crippen molar-refractivity contribution in [2.45, 2.75) is 0 Å². The van der Waals surface area contributed by atoms with Gasteiger partial charge >= 0.3 is 0 Å². The molecule has 0 bridgehead atoms. The predicted octanol–water partition coefficient (Wildman–Crippen LogP) is 3.46. The monoisotopic (exact) mass is 462 g/mol. The van der Waals surface area contributed by atoms with E-state index in [2.05, 4.69) is 40.0 Å². The van der Waals surface area contributed by atoms with Crippen molar-refractivity contribution in [1.82, 2.24) is 0 Å². The third-order valence-electron chi connectivity index (χ3n) is 0.509. The van der Waals surface area contributed by atoms with Crippen molar-refractivity contribution in [3.05, 3.63) is 8.57 Å². The van der Waals surface area contributed by atoms with E-state index in [-0.39, 0.29) is 41.5 Å². The number of allylic oxidation sites excluding steroid dienone is 1. The quantitative estimate of drug-likeness (QED) is 0.483. The van der Waals surface area contributed by atoms with Crippen molar-refractivity contribution < 1.29 is 0 Å². The van der Waals surface area contributed by atoms with Crippen molar-refractivity contribution in [3.8, 4) is 0 Å². The minimum absolute atomic E-state index is 0.276. The van der Waals surface area contributed by atoms with Gasteiger partial charge in [0.1, 0.15) is 0 Å². The standard InChI is InChI=1S/C4H2Br2I2/c5-3-1-4(6)8-2-7-3/h1-2H. The fourth-order valence-corrected chi connectivity index (χ4v) is 13.7. The molecule has 0 amide bonds. The SMILES string of the molecule is BrC1=CC(Br)=IC=I1. The first-order chi connectivity index (χ1) is 3.79. The summed E-state index contributed by atoms with van der Waals surface area (Å²) in [6, 6.07) is 0. The number of hydrogen-bond donors (Lipinski definition) is 0. The smallest absolute Gasteiger partial charge is 0.0525 e. The van der Waals surface area contributed by atoms with Gasteiger partial charge in [-0.15, -0.1) is 0 Å². The Balaban J connectivity index is 2.89. The van der Waals surface area contributed by atoms with Gasteiger partial charge in [0.25, 0.3) is 0 Å². The third kappa shape index (κ3) is 2.66. The Morgan fingerprint density at radius 3 is 2.50 bits per heavy atom. The lowest BCUT2D eigenvalue weighted by Crippen LogP contribution is -1.73. The minimum atomic E-state index is 0.276. The lowest BCUT2D eigenvalue weighted by molar-refractivity contribution is 2.47. The number of rotatable bonds is 0. The maximum Gasteiger partial charge on any atom is 0.0525 e. The molecule has 0 aromatic heterocycles. The van der Waals surface area contributed by atoms with Crippen LogP contribution in [-0.2, 0) is 0 Å². The van der Waals surface area contributed by atoms with Crippen LogP contribution in [0.15, 0.2) is 8.57 Å². The molecule has 0 unspecified atom stereocenters. The minimum Gasteiger partial charge on any atom is -0.0715 e. The van der Waals surface area contributed by atoms with Gasteiger partial charge in [0.2, 0.25) is 0 Å². The van der Waals surface area contributed by atoms with Gasteiger partial charge < -0.3 is 0 Å². The molecule has 0 aliphatic carbocycles. The molecular formula is C4H2Br2I2. The van der Waals surface area contributed by atoms with Crippen LogP contribution in [0.3, 0.4) is 0 Å². The molecule has 46 valence electrons. The molecule has 0 radical (unpaired) electrons. The van der Waals surface area contributed by atoms with E-state index >= 15 is 0 Å². The van der Waals surface area contributed by atoms with Gasteiger partial charge in [-0.2, -0.15) is 0 Å². The van der Waals surface area contributed by atoms with Crippen molar-refractivity contribution >= 4 is 77.8 Å². The fourth-order valence-electron chi connectivity index (χ4n) is 0.245. The van der Waals surface area contributed by atoms with E-state index in [1.54, 1.807) is 0 Å². The number of hydrogen-bond acceptors (Lipinski definition) is 0. The summed E-state index contributed by atoms with van der Waals surface area (Å²) in [7, 11) is 0. The van der Waals surface area contributed by atoms with E-state index in [1.165, 1.54) is 4.91 Å². The highest BCUT2D eigenvalue weighted by atomic mass is 127. The topological polar surface area (TPSA) is 0 Å². The molecule has 1 heterocycles. The lowest BCUT2D eigenvalue weighted by Gasteiger charge is -1.92. The van der Waals surface area contributed by atoms with E-state index < -0.39 is 0 Å². The van der Waals surface area contributed by atoms with Crippen LogP contribution in [0.4, 0.5) is 0 Å². The largest absolute Gasteiger partial charge is 0.0715 e. The van der Waals surface area contributed by atoms with Crippen LogP contribution in [0.1, 0.15) is 0 Å². The first kappa shape index (κ1) is 8.00. The predicted molar refractivity (Wildman–Crippen MR) is 65.0 cm³/mol. The Morgan fingerprint density at radius 2 is 2.12 bits per heavy atom. The van der Waals surface area contributed by atoms with Crippen LogP contribution in [-0.4, -0.2) is 4.44 Å². The molecule has 0 saturated carbocycles. The lowest BCUT2D eigenvalue weighted by atomic mass is 10.8. The maximum atomic E-state index is 3.47. The fraction of sp³-hybridized carbons (Fsp3) is 0. The second-order valence-electron chi connectivity index (χ2n) is 1.02. The van der Waals surface area contributed by atoms with E-state index in [0.717, 1.165) is 0 Å². The van der Waals surface area contributed by atoms with E-state index in [1.807, 2.05) is 0 Å². The van der Waals surface area contributed by atoms with Gasteiger partial charge in [0.05, 0.1) is 4.91 Å². The Bertz CT molecular complexity index is 178. The zero-order valence-electron chi connectivity index (χ0n) is 3.67. The normalized spacial score (nSPS) is 19.8. The van der Waals surface area contributed by atoms with Crippen molar-refractivity contribution in [2.75, 3.05) is 0 Å². The third-order valence-corrected chi connectivity index (χ3v) is 8.73. The van der Waals surface area contributed by atoms with Crippen LogP contribution < -0.4 is 0 Å². The molecule has 1 rings (SSSR count). The Kier molecular flexibility index (Phi) is 3.92. The highest BCUT2D eigenvalue weighted by molar-refractivity contribution is 14.3. The summed E-state index contributed by atoms with van der Waals surface area (Å²) in [5, 5.41) is 0. The van der Waals surface area contributed by atoms with Gasteiger partial charge in [0, 0.05) is 2.02 Å². The Morgan fingerprint density at radius 1 is 1.38 bits per heavy atom. The summed E-state index contributed by atoms with van der Waals surface area (Å²) in [5.74, 6) is 0. The molecule has 1 aliphatic heterocycles. The first-order valence-corrected chi connectivity index (χ1v) is 8.00. The highest BCUT2D eigenvalue weighted by Crippen LogP contribution is 2.28. The van der Waals surface area contributed by atoms with E-state index in [4.69, 9.17) is 0 Å². The molecule has 0 atom stereocenters. The van der Waals surface area contributed by atoms with Gasteiger partial charge in [-0.05, 0) is 37.9 Å². The van der Waals surface area contributed by atoms with Crippen LogP contribution in [0, 0.1) is 0 Å². The van der Waals surface area contributed by atoms with Crippen molar-refractivity contribution in [2.24, 2.45) is 0 Å². The van der Waals surface area contributed by atoms with E-state index in [9.17, 15) is 0 Å². The summed E-state index contributed by atoms with van der Waals surface area (Å²) in [6.45, 7) is 0. The average Bonchev–Trinajstić information content (AvgIpc) is 1.64. The summed E-state index contributed by atoms with van der Waals surface area (Å²) in [4.78, 5) is 0. The second-order valence-corrected chi connectivity index (χ2v) is 12.9. The zero-order valence-corrected chi connectivity index (χ0v) is 11.2. The van der Waals surface area contributed by atoms with Gasteiger partial charge in [-0.3, -0.25) is 0 Å². The van der Waals surface area contributed by atoms with Crippen LogP contribution in [0.2, 0.25) is 0 Å². The maximum absolute atomic E-state index is 3.47. The van der Waals surface area contributed by atoms with Gasteiger partial charge in [-0.1, -0.05) is 41.5 Å². The molecule has 0 fully saturated rings. The molecule has 0 aromatic carbocycles. The van der Waals surface area contributed by atoms with Crippen molar-refractivity contribution in [1.29, 1.82) is 0 Å². The summed E-state index contributed by atoms with van der Waals surface area (Å²) in [6.07, 6.45) is 2.21. The second kappa shape index (κ2) is 3.92. The summed E-state index contributed by atoms with van der Waals surface area (Å²) < 4.78 is 5.24. The molecular weight excluding hydrogens is 462 g/mol. The molecule has 0 nitrogen and oxygen atoms in total. The molecule has 1 aliphatic rings. The zero-order chi connectivity index (χ0) is 5.98. The van der Waals surface area contributed by atoms with Crippen LogP contribution >= 0.6 is 73.3 Å². The summed E-state index contributed by atoms with van der Waals surface area (Å²) >= 11 is 7.50. The number of halogens is 4. The molecule has 0 aromatic rings. The van der Waals surface area contributed by atoms with Crippen LogP contribution in [0.25, 0.3) is 0 Å². The van der Waals surface area contributed by atoms with Gasteiger partial charge in [-0.25, -0.2) is 0 Å². The Hall–Kier alpha value is 1.90. The molecule has 0 N–H and O–H groups in total. The molecule has 0 saturated heterocycles. The van der Waals surface area contributed by atoms with Crippen molar-refractivity contribution in [3.63, 3.8) is 0 Å². The average molecular weight is 464 g/mol. The van der Waals surface area contributed by atoms with Gasteiger partial charge in [0.15, 0.2) is 0 Å². The summed E-state index contributed by atoms with van der Waals surface area (Å²) in [5.41, 5.74) is 0. The molecule has 0 spiro atoms. The molecule has 4 heteroatoms. The Labute approximate surface area is 84.9 Å². The van der Waals surface area contributed by atoms with Crippen LogP contribution in [0.5, 0.6) is 0 Å². The molecule has 8 heavy (non-hydrogen) atoms. The van der Waals surface area contributed by atoms with E-state index in [0.29, 0.717) is 0 Å².